The van der Waals surface area contributed by atoms with E-state index in [1.165, 1.54) is 25.3 Å². The number of carboxylic acid groups (broad SMARTS) is 1. The summed E-state index contributed by atoms with van der Waals surface area (Å²) in [7, 11) is 1.42. The van der Waals surface area contributed by atoms with Gasteiger partial charge in [0.25, 0.3) is 0 Å². The number of rotatable bonds is 11. The predicted molar refractivity (Wildman–Crippen MR) is 206 cm³/mol. The lowest BCUT2D eigenvalue weighted by molar-refractivity contribution is -0.179. The highest BCUT2D eigenvalue weighted by Gasteiger charge is 2.76. The van der Waals surface area contributed by atoms with Gasteiger partial charge in [-0.1, -0.05) is 90.7 Å². The number of para-hydroxylation sites is 1. The second-order valence-electron chi connectivity index (χ2n) is 13.7. The van der Waals surface area contributed by atoms with Gasteiger partial charge in [0.2, 0.25) is 5.91 Å². The van der Waals surface area contributed by atoms with Crippen molar-refractivity contribution in [2.75, 3.05) is 45.0 Å². The smallest absolute Gasteiger partial charge is 0.421 e. The van der Waals surface area contributed by atoms with Gasteiger partial charge in [0.1, 0.15) is 42.4 Å². The molecule has 298 valence electrons. The summed E-state index contributed by atoms with van der Waals surface area (Å²) in [5.74, 6) is 0.671. The van der Waals surface area contributed by atoms with Crippen LogP contribution in [0.5, 0.6) is 5.75 Å². The number of morpholine rings is 1. The number of carboxylic acids is 1. The zero-order chi connectivity index (χ0) is 41.0. The number of amides is 4. The summed E-state index contributed by atoms with van der Waals surface area (Å²) in [4.78, 5) is 72.5. The molecular formula is C43H40N4O11. The second kappa shape index (κ2) is 16.8. The zero-order valence-corrected chi connectivity index (χ0v) is 31.3. The largest absolute Gasteiger partial charge is 0.491 e. The zero-order valence-electron chi connectivity index (χ0n) is 31.3. The molecule has 58 heavy (non-hydrogen) atoms. The van der Waals surface area contributed by atoms with Gasteiger partial charge in [-0.2, -0.15) is 0 Å². The number of ether oxygens (including phenoxy) is 4. The van der Waals surface area contributed by atoms with E-state index in [-0.39, 0.29) is 50.0 Å². The molecule has 0 aliphatic carbocycles. The summed E-state index contributed by atoms with van der Waals surface area (Å²) < 4.78 is 22.9. The Morgan fingerprint density at radius 3 is 2.26 bits per heavy atom. The molecule has 4 aromatic carbocycles. The van der Waals surface area contributed by atoms with Crippen LogP contribution in [0.2, 0.25) is 0 Å². The van der Waals surface area contributed by atoms with Crippen molar-refractivity contribution < 1.29 is 53.1 Å². The maximum Gasteiger partial charge on any atom is 0.421 e. The van der Waals surface area contributed by atoms with Gasteiger partial charge in [0.05, 0.1) is 37.5 Å². The number of imide groups is 1. The summed E-state index contributed by atoms with van der Waals surface area (Å²) in [6.45, 7) is -0.848. The van der Waals surface area contributed by atoms with E-state index in [0.29, 0.717) is 22.3 Å². The molecule has 2 fully saturated rings. The number of nitrogens with zero attached hydrogens (tertiary/aromatic N) is 2. The molecule has 3 aliphatic heterocycles. The molecule has 6 atom stereocenters. The van der Waals surface area contributed by atoms with Crippen molar-refractivity contribution in [2.24, 2.45) is 11.7 Å². The normalized spacial score (nSPS) is 23.3. The molecule has 15 nitrogen and oxygen atoms in total. The Labute approximate surface area is 333 Å². The van der Waals surface area contributed by atoms with Crippen molar-refractivity contribution in [2.45, 2.75) is 29.6 Å². The SMILES string of the molecule is COCCOC(=O)N1C(=O)[C@@]2(c3cc(C#CCNC(N)=O)ccc31)[C@H](c1ccccc1OCCO)N1[C@H](c3ccccc3)[C@H](c3ccccc3)OC(=O)[C@H]1[C@@H]2C(=O)O. The maximum atomic E-state index is 15.7. The first-order valence-electron chi connectivity index (χ1n) is 18.4. The average molecular weight is 789 g/mol. The fourth-order valence-electron chi connectivity index (χ4n) is 8.46. The highest BCUT2D eigenvalue weighted by Crippen LogP contribution is 2.66. The molecule has 3 aliphatic rings. The molecule has 1 spiro atoms. The first-order chi connectivity index (χ1) is 28.1. The molecule has 4 amide bonds. The fourth-order valence-corrected chi connectivity index (χ4v) is 8.46. The van der Waals surface area contributed by atoms with E-state index in [0.717, 1.165) is 4.90 Å². The number of fused-ring (bicyclic) bond motifs is 3. The summed E-state index contributed by atoms with van der Waals surface area (Å²) in [6, 6.07) is 24.7. The molecule has 0 radical (unpaired) electrons. The first-order valence-corrected chi connectivity index (χ1v) is 18.4. The molecule has 0 aromatic heterocycles. The third kappa shape index (κ3) is 6.87. The molecule has 0 saturated carbocycles. The van der Waals surface area contributed by atoms with Gasteiger partial charge in [0.15, 0.2) is 0 Å². The Kier molecular flexibility index (Phi) is 11.4. The summed E-state index contributed by atoms with van der Waals surface area (Å²) in [5.41, 5.74) is 4.93. The Morgan fingerprint density at radius 1 is 0.897 bits per heavy atom. The van der Waals surface area contributed by atoms with Crippen LogP contribution in [0.1, 0.15) is 46.0 Å². The Morgan fingerprint density at radius 2 is 1.59 bits per heavy atom. The van der Waals surface area contributed by atoms with E-state index >= 15 is 4.79 Å². The minimum atomic E-state index is -2.26. The summed E-state index contributed by atoms with van der Waals surface area (Å²) in [5, 5.41) is 23.7. The molecule has 5 N–H and O–H groups in total. The molecule has 7 rings (SSSR count). The van der Waals surface area contributed by atoms with Crippen LogP contribution in [0.4, 0.5) is 15.3 Å². The number of hydrogen-bond donors (Lipinski definition) is 4. The number of anilines is 1. The van der Waals surface area contributed by atoms with Crippen LogP contribution < -0.4 is 20.7 Å². The number of aliphatic hydroxyl groups is 1. The number of carbonyl (C=O) groups is 5. The molecular weight excluding hydrogens is 748 g/mol. The van der Waals surface area contributed by atoms with Crippen LogP contribution in [0, 0.1) is 17.8 Å². The van der Waals surface area contributed by atoms with Crippen LogP contribution in [0.25, 0.3) is 0 Å². The van der Waals surface area contributed by atoms with E-state index in [1.807, 2.05) is 36.4 Å². The third-order valence-electron chi connectivity index (χ3n) is 10.6. The van der Waals surface area contributed by atoms with Gasteiger partial charge >= 0.3 is 24.1 Å². The predicted octanol–water partition coefficient (Wildman–Crippen LogP) is 3.61. The first kappa shape index (κ1) is 39.5. The van der Waals surface area contributed by atoms with Crippen LogP contribution in [0.3, 0.4) is 0 Å². The highest BCUT2D eigenvalue weighted by atomic mass is 16.6. The Balaban J connectivity index is 1.57. The number of cyclic esters (lactones) is 1. The average Bonchev–Trinajstić information content (AvgIpc) is 3.68. The number of urea groups is 1. The van der Waals surface area contributed by atoms with E-state index in [2.05, 4.69) is 17.2 Å². The molecule has 0 bridgehead atoms. The van der Waals surface area contributed by atoms with Gasteiger partial charge in [-0.3, -0.25) is 19.3 Å². The standard InChI is InChI=1S/C43H40N4O11/c1-55-23-24-57-42(54)46-31-19-18-26(11-10-20-45-41(44)53)25-30(31)43(40(46)52)33(38(49)50)35-39(51)58-36(28-14-6-3-7-15-28)34(27-12-4-2-5-13-27)47(35)37(43)29-16-8-9-17-32(29)56-22-21-48/h2-9,12-19,25,33-37,48H,20-24H2,1H3,(H,49,50)(H3,44,45,53)/t33-,34-,35-,36+,37+,43-/m1/s1. The molecule has 3 heterocycles. The molecule has 2 saturated heterocycles. The van der Waals surface area contributed by atoms with Crippen LogP contribution in [-0.2, 0) is 34.0 Å². The van der Waals surface area contributed by atoms with Crippen molar-refractivity contribution >= 4 is 35.7 Å². The number of aliphatic carboxylic acids is 1. The van der Waals surface area contributed by atoms with Gasteiger partial charge < -0.3 is 40.2 Å². The molecule has 15 heteroatoms. The monoisotopic (exact) mass is 788 g/mol. The minimum absolute atomic E-state index is 0.0108. The van der Waals surface area contributed by atoms with E-state index in [4.69, 9.17) is 24.7 Å². The highest BCUT2D eigenvalue weighted by molar-refractivity contribution is 6.23. The number of benzene rings is 4. The number of aliphatic hydroxyl groups excluding tert-OH is 1. The van der Waals surface area contributed by atoms with Crippen LogP contribution in [0.15, 0.2) is 103 Å². The van der Waals surface area contributed by atoms with Crippen LogP contribution >= 0.6 is 0 Å². The van der Waals surface area contributed by atoms with E-state index < -0.39 is 65.5 Å². The second-order valence-corrected chi connectivity index (χ2v) is 13.7. The number of hydrogen-bond acceptors (Lipinski definition) is 11. The lowest BCUT2D eigenvalue weighted by Gasteiger charge is -2.46. The Bertz CT molecular complexity index is 2280. The van der Waals surface area contributed by atoms with Crippen molar-refractivity contribution in [3.63, 3.8) is 0 Å². The minimum Gasteiger partial charge on any atom is -0.491 e. The molecule has 4 aromatic rings. The van der Waals surface area contributed by atoms with E-state index in [1.54, 1.807) is 53.4 Å². The quantitative estimate of drug-likeness (QED) is 0.0977. The summed E-state index contributed by atoms with van der Waals surface area (Å²) in [6.07, 6.45) is -2.09. The maximum absolute atomic E-state index is 15.7. The lowest BCUT2D eigenvalue weighted by Crippen LogP contribution is -2.53. The van der Waals surface area contributed by atoms with Gasteiger partial charge in [-0.15, -0.1) is 0 Å². The number of carbonyl (C=O) groups excluding carboxylic acids is 4. The number of primary amides is 1. The number of esters is 1. The number of nitrogens with one attached hydrogen (secondary N) is 1. The number of methoxy groups -OCH3 is 1. The topological polar surface area (TPSA) is 207 Å². The van der Waals surface area contributed by atoms with Crippen LogP contribution in [-0.4, -0.2) is 91.2 Å². The van der Waals surface area contributed by atoms with E-state index in [9.17, 15) is 29.4 Å². The van der Waals surface area contributed by atoms with Crippen molar-refractivity contribution in [3.05, 3.63) is 131 Å². The molecule has 0 unspecified atom stereocenters. The lowest BCUT2D eigenvalue weighted by atomic mass is 9.65. The summed E-state index contributed by atoms with van der Waals surface area (Å²) >= 11 is 0. The number of nitrogens with two attached hydrogens (primary N) is 1. The van der Waals surface area contributed by atoms with Gasteiger partial charge in [-0.05, 0) is 41.0 Å². The fraction of sp³-hybridized carbons (Fsp3) is 0.279. The van der Waals surface area contributed by atoms with Crippen molar-refractivity contribution in [1.29, 1.82) is 0 Å². The van der Waals surface area contributed by atoms with Crippen molar-refractivity contribution in [3.8, 4) is 17.6 Å². The van der Waals surface area contributed by atoms with Gasteiger partial charge in [-0.25, -0.2) is 14.5 Å². The van der Waals surface area contributed by atoms with Crippen molar-refractivity contribution in [1.82, 2.24) is 10.2 Å². The Hall–Kier alpha value is -6.73. The van der Waals surface area contributed by atoms with Gasteiger partial charge in [0, 0.05) is 18.2 Å². The third-order valence-corrected chi connectivity index (χ3v) is 10.6.